The fraction of sp³-hybridized carbons (Fsp3) is 0.679. The van der Waals surface area contributed by atoms with Gasteiger partial charge in [0.25, 0.3) is 0 Å². The molecule has 0 spiro atoms. The van der Waals surface area contributed by atoms with Gasteiger partial charge >= 0.3 is 5.97 Å². The molecular formula is C56H95NO5. The molecule has 0 aromatic carbocycles. The Labute approximate surface area is 382 Å². The number of ether oxygens (including phenoxy) is 1. The molecule has 0 fully saturated rings. The summed E-state index contributed by atoms with van der Waals surface area (Å²) >= 11 is 0. The van der Waals surface area contributed by atoms with Crippen LogP contribution in [0.25, 0.3) is 0 Å². The monoisotopic (exact) mass is 862 g/mol. The molecule has 0 saturated carbocycles. The van der Waals surface area contributed by atoms with Gasteiger partial charge < -0.3 is 20.3 Å². The van der Waals surface area contributed by atoms with Crippen molar-refractivity contribution in [3.63, 3.8) is 0 Å². The van der Waals surface area contributed by atoms with E-state index in [0.29, 0.717) is 19.3 Å². The second kappa shape index (κ2) is 48.8. The first-order valence-electron chi connectivity index (χ1n) is 25.5. The smallest absolute Gasteiger partial charge is 0.306 e. The van der Waals surface area contributed by atoms with Crippen molar-refractivity contribution in [1.29, 1.82) is 0 Å². The summed E-state index contributed by atoms with van der Waals surface area (Å²) in [6.07, 6.45) is 64.6. The zero-order valence-corrected chi connectivity index (χ0v) is 40.2. The number of carbonyl (C=O) groups is 2. The zero-order valence-electron chi connectivity index (χ0n) is 40.2. The minimum atomic E-state index is -0.807. The van der Waals surface area contributed by atoms with Gasteiger partial charge in [-0.15, -0.1) is 0 Å². The minimum Gasteiger partial charge on any atom is -0.462 e. The maximum atomic E-state index is 13.2. The molecule has 0 saturated heterocycles. The molecule has 6 nitrogen and oxygen atoms in total. The summed E-state index contributed by atoms with van der Waals surface area (Å²) in [5, 5.41) is 23.7. The Morgan fingerprint density at radius 1 is 0.500 bits per heavy atom. The van der Waals surface area contributed by atoms with E-state index in [1.54, 1.807) is 0 Å². The van der Waals surface area contributed by atoms with E-state index in [9.17, 15) is 19.8 Å². The van der Waals surface area contributed by atoms with Gasteiger partial charge in [0.2, 0.25) is 5.91 Å². The molecule has 0 aromatic rings. The lowest BCUT2D eigenvalue weighted by Gasteiger charge is -2.24. The molecule has 6 heteroatoms. The molecule has 0 aliphatic heterocycles. The second-order valence-electron chi connectivity index (χ2n) is 17.0. The number of amides is 1. The molecule has 0 aliphatic rings. The van der Waals surface area contributed by atoms with Crippen molar-refractivity contribution < 1.29 is 24.5 Å². The molecule has 1 amide bonds. The van der Waals surface area contributed by atoms with Gasteiger partial charge in [-0.2, -0.15) is 0 Å². The van der Waals surface area contributed by atoms with Crippen molar-refractivity contribution in [3.8, 4) is 0 Å². The van der Waals surface area contributed by atoms with Crippen molar-refractivity contribution in [1.82, 2.24) is 5.32 Å². The third-order valence-electron chi connectivity index (χ3n) is 11.0. The number of hydrogen-bond acceptors (Lipinski definition) is 5. The van der Waals surface area contributed by atoms with Crippen LogP contribution in [0.2, 0.25) is 0 Å². The Hall–Kier alpha value is -3.22. The largest absolute Gasteiger partial charge is 0.462 e. The highest BCUT2D eigenvalue weighted by Gasteiger charge is 2.24. The van der Waals surface area contributed by atoms with Gasteiger partial charge in [-0.3, -0.25) is 9.59 Å². The van der Waals surface area contributed by atoms with Gasteiger partial charge in [0.05, 0.1) is 25.2 Å². The minimum absolute atomic E-state index is 0.0353. The molecule has 0 radical (unpaired) electrons. The molecule has 0 heterocycles. The van der Waals surface area contributed by atoms with E-state index in [2.05, 4.69) is 99.0 Å². The molecule has 0 aliphatic carbocycles. The standard InChI is InChI=1S/C56H95NO5/c1-4-7-10-13-16-19-22-25-26-27-28-29-31-34-37-40-43-46-49-56(61)62-52(47-44-41-38-35-32-24-21-18-15-12-9-6-3)50-55(60)57-53(51-58)54(59)48-45-42-39-36-33-30-23-20-17-14-11-8-5-2/h9-10,12-13,16,18-19,21-22,25-29,32,35,52-54,58-59H,4-8,11,14-15,17,20,23-24,30-31,33-34,36-51H2,1-3H3,(H,57,60)/b12-9+,13-10+,19-16+,21-18+,25-22+,27-26+,29-28+,35-32+. The summed E-state index contributed by atoms with van der Waals surface area (Å²) < 4.78 is 5.90. The van der Waals surface area contributed by atoms with Crippen LogP contribution in [0.4, 0.5) is 0 Å². The summed E-state index contributed by atoms with van der Waals surface area (Å²) in [6.45, 7) is 6.25. The zero-order chi connectivity index (χ0) is 45.2. The maximum absolute atomic E-state index is 13.2. The first-order chi connectivity index (χ1) is 30.5. The molecule has 3 unspecified atom stereocenters. The second-order valence-corrected chi connectivity index (χ2v) is 17.0. The number of aliphatic hydroxyl groups excluding tert-OH is 2. The van der Waals surface area contributed by atoms with Crippen molar-refractivity contribution in [3.05, 3.63) is 97.2 Å². The van der Waals surface area contributed by atoms with Crippen molar-refractivity contribution >= 4 is 11.9 Å². The van der Waals surface area contributed by atoms with Crippen LogP contribution in [0.1, 0.15) is 220 Å². The lowest BCUT2D eigenvalue weighted by molar-refractivity contribution is -0.151. The molecule has 3 atom stereocenters. The Morgan fingerprint density at radius 3 is 1.55 bits per heavy atom. The number of aliphatic hydroxyl groups is 2. The molecular weight excluding hydrogens is 767 g/mol. The summed E-state index contributed by atoms with van der Waals surface area (Å²) in [7, 11) is 0. The SMILES string of the molecule is CC/C=C/C/C=C/C/C=C/CCCCC(CC(=O)NC(CO)C(O)CCCCCCCCCCCCCCC)OC(=O)CCCCCCC/C=C/C=C/C=C/C=C/C=C/CCC. The summed E-state index contributed by atoms with van der Waals surface area (Å²) in [4.78, 5) is 26.1. The van der Waals surface area contributed by atoms with Gasteiger partial charge in [0, 0.05) is 6.42 Å². The van der Waals surface area contributed by atoms with E-state index in [4.69, 9.17) is 4.74 Å². The fourth-order valence-electron chi connectivity index (χ4n) is 7.18. The van der Waals surface area contributed by atoms with Crippen LogP contribution < -0.4 is 5.32 Å². The summed E-state index contributed by atoms with van der Waals surface area (Å²) in [5.41, 5.74) is 0. The number of hydrogen-bond donors (Lipinski definition) is 3. The van der Waals surface area contributed by atoms with Crippen LogP contribution >= 0.6 is 0 Å². The Morgan fingerprint density at radius 2 is 0.968 bits per heavy atom. The van der Waals surface area contributed by atoms with E-state index in [1.807, 2.05) is 24.3 Å². The van der Waals surface area contributed by atoms with Gasteiger partial charge in [0.1, 0.15) is 6.10 Å². The van der Waals surface area contributed by atoms with Crippen molar-refractivity contribution in [2.24, 2.45) is 0 Å². The van der Waals surface area contributed by atoms with Crippen LogP contribution in [-0.2, 0) is 14.3 Å². The predicted molar refractivity (Wildman–Crippen MR) is 268 cm³/mol. The van der Waals surface area contributed by atoms with Crippen molar-refractivity contribution in [2.75, 3.05) is 6.61 Å². The van der Waals surface area contributed by atoms with Gasteiger partial charge in [-0.05, 0) is 77.0 Å². The maximum Gasteiger partial charge on any atom is 0.306 e. The Balaban J connectivity index is 4.67. The van der Waals surface area contributed by atoms with Gasteiger partial charge in [-0.25, -0.2) is 0 Å². The lowest BCUT2D eigenvalue weighted by atomic mass is 10.0. The Bertz CT molecular complexity index is 1240. The van der Waals surface area contributed by atoms with E-state index in [-0.39, 0.29) is 24.9 Å². The van der Waals surface area contributed by atoms with Crippen LogP contribution in [0.5, 0.6) is 0 Å². The third kappa shape index (κ3) is 43.4. The Kier molecular flexibility index (Phi) is 46.3. The van der Waals surface area contributed by atoms with E-state index < -0.39 is 18.2 Å². The van der Waals surface area contributed by atoms with E-state index in [1.165, 1.54) is 70.6 Å². The van der Waals surface area contributed by atoms with Crippen molar-refractivity contribution in [2.45, 2.75) is 238 Å². The fourth-order valence-corrected chi connectivity index (χ4v) is 7.18. The molecule has 62 heavy (non-hydrogen) atoms. The first-order valence-corrected chi connectivity index (χ1v) is 25.5. The molecule has 0 rings (SSSR count). The average molecular weight is 862 g/mol. The molecule has 354 valence electrons. The molecule has 0 aromatic heterocycles. The van der Waals surface area contributed by atoms with E-state index >= 15 is 0 Å². The van der Waals surface area contributed by atoms with Crippen LogP contribution in [0.15, 0.2) is 97.2 Å². The van der Waals surface area contributed by atoms with Crippen LogP contribution in [0, 0.1) is 0 Å². The quantitative estimate of drug-likeness (QED) is 0.0245. The van der Waals surface area contributed by atoms with Gasteiger partial charge in [-0.1, -0.05) is 227 Å². The summed E-state index contributed by atoms with van der Waals surface area (Å²) in [5.74, 6) is -0.549. The lowest BCUT2D eigenvalue weighted by Crippen LogP contribution is -2.46. The number of nitrogens with one attached hydrogen (secondary N) is 1. The number of carbonyl (C=O) groups excluding carboxylic acids is 2. The highest BCUT2D eigenvalue weighted by atomic mass is 16.5. The normalized spacial score (nSPS) is 14.1. The third-order valence-corrected chi connectivity index (χ3v) is 11.0. The first kappa shape index (κ1) is 58.8. The topological polar surface area (TPSA) is 95.9 Å². The average Bonchev–Trinajstić information content (AvgIpc) is 3.26. The molecule has 3 N–H and O–H groups in total. The number of unbranched alkanes of at least 4 members (excludes halogenated alkanes) is 20. The molecule has 0 bridgehead atoms. The van der Waals surface area contributed by atoms with Crippen LogP contribution in [0.3, 0.4) is 0 Å². The highest BCUT2D eigenvalue weighted by molar-refractivity contribution is 5.77. The van der Waals surface area contributed by atoms with Gasteiger partial charge in [0.15, 0.2) is 0 Å². The number of allylic oxidation sites excluding steroid dienone is 16. The highest BCUT2D eigenvalue weighted by Crippen LogP contribution is 2.17. The predicted octanol–water partition coefficient (Wildman–Crippen LogP) is 15.3. The summed E-state index contributed by atoms with van der Waals surface area (Å²) in [6, 6.07) is -0.724. The van der Waals surface area contributed by atoms with E-state index in [0.717, 1.165) is 103 Å². The number of esters is 1. The number of rotatable bonds is 44. The van der Waals surface area contributed by atoms with Crippen LogP contribution in [-0.4, -0.2) is 46.9 Å².